The fourth-order valence-corrected chi connectivity index (χ4v) is 3.57. The van der Waals surface area contributed by atoms with Gasteiger partial charge in [0.05, 0.1) is 0 Å². The maximum Gasteiger partial charge on any atom is 0.196 e. The Morgan fingerprint density at radius 2 is 1.86 bits per heavy atom. The summed E-state index contributed by atoms with van der Waals surface area (Å²) in [6.45, 7) is 6.68. The minimum atomic E-state index is 0.683. The first-order valence-corrected chi connectivity index (χ1v) is 7.59. The van der Waals surface area contributed by atoms with Gasteiger partial charge in [0.15, 0.2) is 11.4 Å². The molecule has 4 heteroatoms. The zero-order valence-corrected chi connectivity index (χ0v) is 12.4. The smallest absolute Gasteiger partial charge is 0.196 e. The third-order valence-corrected chi connectivity index (χ3v) is 4.31. The molecule has 3 heterocycles. The van der Waals surface area contributed by atoms with Crippen LogP contribution in [-0.4, -0.2) is 23.1 Å². The minimum Gasteiger partial charge on any atom is -0.450 e. The summed E-state index contributed by atoms with van der Waals surface area (Å²) in [6, 6.07) is 8.05. The Hall–Kier alpha value is -2.10. The van der Waals surface area contributed by atoms with Crippen LogP contribution in [0.4, 0.5) is 5.82 Å². The van der Waals surface area contributed by atoms with Gasteiger partial charge < -0.3 is 9.32 Å². The van der Waals surface area contributed by atoms with Crippen LogP contribution in [0, 0.1) is 11.8 Å². The van der Waals surface area contributed by atoms with E-state index in [1.165, 1.54) is 6.42 Å². The number of fused-ring (bicyclic) bond motifs is 3. The SMILES string of the molecule is C[C@@H]1C[C@@H](C)CN(c2ncnc3c2oc2ccccc23)C1. The first-order chi connectivity index (χ1) is 10.2. The first-order valence-electron chi connectivity index (χ1n) is 7.59. The molecule has 0 aliphatic carbocycles. The molecule has 0 spiro atoms. The van der Waals surface area contributed by atoms with Crippen LogP contribution >= 0.6 is 0 Å². The second kappa shape index (κ2) is 4.72. The minimum absolute atomic E-state index is 0.683. The second-order valence-corrected chi connectivity index (χ2v) is 6.32. The predicted octanol–water partition coefficient (Wildman–Crippen LogP) is 3.86. The van der Waals surface area contributed by atoms with E-state index >= 15 is 0 Å². The maximum atomic E-state index is 6.04. The van der Waals surface area contributed by atoms with E-state index in [0.29, 0.717) is 11.8 Å². The fraction of sp³-hybridized carbons (Fsp3) is 0.412. The average Bonchev–Trinajstić information content (AvgIpc) is 2.84. The normalized spacial score (nSPS) is 23.0. The van der Waals surface area contributed by atoms with Crippen LogP contribution in [0.25, 0.3) is 22.1 Å². The van der Waals surface area contributed by atoms with Crippen LogP contribution in [0.2, 0.25) is 0 Å². The van der Waals surface area contributed by atoms with E-state index in [4.69, 9.17) is 4.42 Å². The molecule has 1 fully saturated rings. The van der Waals surface area contributed by atoms with Crippen molar-refractivity contribution in [2.45, 2.75) is 20.3 Å². The number of furan rings is 1. The van der Waals surface area contributed by atoms with E-state index in [2.05, 4.69) is 34.8 Å². The molecular weight excluding hydrogens is 262 g/mol. The van der Waals surface area contributed by atoms with Gasteiger partial charge in [-0.05, 0) is 30.4 Å². The molecule has 2 atom stereocenters. The van der Waals surface area contributed by atoms with Crippen molar-refractivity contribution in [1.82, 2.24) is 9.97 Å². The van der Waals surface area contributed by atoms with E-state index in [-0.39, 0.29) is 0 Å². The Balaban J connectivity index is 1.88. The zero-order chi connectivity index (χ0) is 14.4. The maximum absolute atomic E-state index is 6.04. The molecule has 0 radical (unpaired) electrons. The molecule has 4 nitrogen and oxygen atoms in total. The third-order valence-electron chi connectivity index (χ3n) is 4.31. The number of hydrogen-bond acceptors (Lipinski definition) is 4. The lowest BCUT2D eigenvalue weighted by Crippen LogP contribution is -2.39. The summed E-state index contributed by atoms with van der Waals surface area (Å²) in [7, 11) is 0. The molecule has 1 aliphatic heterocycles. The third kappa shape index (κ3) is 2.06. The Kier molecular flexibility index (Phi) is 2.84. The van der Waals surface area contributed by atoms with E-state index < -0.39 is 0 Å². The molecule has 0 saturated carbocycles. The standard InChI is InChI=1S/C17H19N3O/c1-11-7-12(2)9-20(8-11)17-16-15(18-10-19-17)13-5-3-4-6-14(13)21-16/h3-6,10-12H,7-9H2,1-2H3/t11-,12-/m1/s1. The molecule has 0 bridgehead atoms. The van der Waals surface area contributed by atoms with E-state index in [9.17, 15) is 0 Å². The van der Waals surface area contributed by atoms with Gasteiger partial charge in [-0.15, -0.1) is 0 Å². The number of nitrogens with zero attached hydrogens (tertiary/aromatic N) is 3. The van der Waals surface area contributed by atoms with E-state index in [1.54, 1.807) is 6.33 Å². The number of hydrogen-bond donors (Lipinski definition) is 0. The number of rotatable bonds is 1. The monoisotopic (exact) mass is 281 g/mol. The molecule has 21 heavy (non-hydrogen) atoms. The highest BCUT2D eigenvalue weighted by Gasteiger charge is 2.25. The topological polar surface area (TPSA) is 42.2 Å². The van der Waals surface area contributed by atoms with Crippen molar-refractivity contribution in [2.75, 3.05) is 18.0 Å². The number of para-hydroxylation sites is 1. The van der Waals surface area contributed by atoms with Gasteiger partial charge in [-0.25, -0.2) is 9.97 Å². The lowest BCUT2D eigenvalue weighted by Gasteiger charge is -2.35. The molecule has 2 aromatic heterocycles. The van der Waals surface area contributed by atoms with Crippen LogP contribution in [-0.2, 0) is 0 Å². The molecule has 108 valence electrons. The van der Waals surface area contributed by atoms with Crippen LogP contribution in [0.1, 0.15) is 20.3 Å². The highest BCUT2D eigenvalue weighted by molar-refractivity contribution is 6.05. The van der Waals surface area contributed by atoms with Crippen LogP contribution < -0.4 is 4.90 Å². The van der Waals surface area contributed by atoms with Crippen LogP contribution in [0.15, 0.2) is 35.0 Å². The van der Waals surface area contributed by atoms with Crippen molar-refractivity contribution in [1.29, 1.82) is 0 Å². The second-order valence-electron chi connectivity index (χ2n) is 6.32. The van der Waals surface area contributed by atoms with Gasteiger partial charge in [-0.2, -0.15) is 0 Å². The molecule has 1 aliphatic rings. The van der Waals surface area contributed by atoms with Gasteiger partial charge in [-0.3, -0.25) is 0 Å². The summed E-state index contributed by atoms with van der Waals surface area (Å²) in [5.74, 6) is 2.31. The molecule has 3 aromatic rings. The summed E-state index contributed by atoms with van der Waals surface area (Å²) in [6.07, 6.45) is 2.94. The molecule has 1 saturated heterocycles. The molecule has 0 unspecified atom stereocenters. The quantitative estimate of drug-likeness (QED) is 0.679. The summed E-state index contributed by atoms with van der Waals surface area (Å²) in [5, 5.41) is 1.06. The van der Waals surface area contributed by atoms with Crippen LogP contribution in [0.3, 0.4) is 0 Å². The summed E-state index contributed by atoms with van der Waals surface area (Å²) in [5.41, 5.74) is 2.62. The molecule has 1 aromatic carbocycles. The van der Waals surface area contributed by atoms with Crippen molar-refractivity contribution in [3.8, 4) is 0 Å². The largest absolute Gasteiger partial charge is 0.450 e. The number of aromatic nitrogens is 2. The zero-order valence-electron chi connectivity index (χ0n) is 12.4. The van der Waals surface area contributed by atoms with Gasteiger partial charge in [0.1, 0.15) is 17.4 Å². The summed E-state index contributed by atoms with van der Waals surface area (Å²) >= 11 is 0. The van der Waals surface area contributed by atoms with Gasteiger partial charge in [0.25, 0.3) is 0 Å². The highest BCUT2D eigenvalue weighted by atomic mass is 16.3. The molecule has 4 rings (SSSR count). The van der Waals surface area contributed by atoms with E-state index in [1.807, 2.05) is 18.2 Å². The lowest BCUT2D eigenvalue weighted by atomic mass is 9.92. The van der Waals surface area contributed by atoms with Crippen molar-refractivity contribution in [3.05, 3.63) is 30.6 Å². The summed E-state index contributed by atoms with van der Waals surface area (Å²) < 4.78 is 6.04. The number of piperidine rings is 1. The van der Waals surface area contributed by atoms with Gasteiger partial charge in [-0.1, -0.05) is 26.0 Å². The Labute approximate surface area is 123 Å². The van der Waals surface area contributed by atoms with Crippen LogP contribution in [0.5, 0.6) is 0 Å². The summed E-state index contributed by atoms with van der Waals surface area (Å²) in [4.78, 5) is 11.3. The van der Waals surface area contributed by atoms with Gasteiger partial charge >= 0.3 is 0 Å². The Bertz CT molecular complexity index is 785. The van der Waals surface area contributed by atoms with Gasteiger partial charge in [0, 0.05) is 18.5 Å². The Morgan fingerprint density at radius 1 is 1.10 bits per heavy atom. The molecular formula is C17H19N3O. The fourth-order valence-electron chi connectivity index (χ4n) is 3.57. The predicted molar refractivity (Wildman–Crippen MR) is 84.5 cm³/mol. The molecule has 0 N–H and O–H groups in total. The lowest BCUT2D eigenvalue weighted by molar-refractivity contribution is 0.355. The van der Waals surface area contributed by atoms with E-state index in [0.717, 1.165) is 41.0 Å². The number of benzene rings is 1. The number of anilines is 1. The van der Waals surface area contributed by atoms with Crippen molar-refractivity contribution in [3.63, 3.8) is 0 Å². The van der Waals surface area contributed by atoms with Crippen molar-refractivity contribution >= 4 is 27.9 Å². The van der Waals surface area contributed by atoms with Crippen molar-refractivity contribution < 1.29 is 4.42 Å². The average molecular weight is 281 g/mol. The Morgan fingerprint density at radius 3 is 2.67 bits per heavy atom. The molecule has 0 amide bonds. The van der Waals surface area contributed by atoms with Gasteiger partial charge in [0.2, 0.25) is 0 Å². The highest BCUT2D eigenvalue weighted by Crippen LogP contribution is 2.34. The first kappa shape index (κ1) is 12.6. The van der Waals surface area contributed by atoms with Crippen molar-refractivity contribution in [2.24, 2.45) is 11.8 Å².